The molecule has 0 aromatic carbocycles. The first kappa shape index (κ1) is 14.6. The summed E-state index contributed by atoms with van der Waals surface area (Å²) >= 11 is 0. The van der Waals surface area contributed by atoms with Gasteiger partial charge in [0.2, 0.25) is 0 Å². The largest absolute Gasteiger partial charge is 0.385 e. The molecule has 8 heteroatoms. The normalized spacial score (nSPS) is 12.8. The van der Waals surface area contributed by atoms with Gasteiger partial charge >= 0.3 is 0 Å². The second kappa shape index (κ2) is 5.27. The predicted octanol–water partition coefficient (Wildman–Crippen LogP) is 1.68. The number of hydrogen-bond donors (Lipinski definition) is 1. The first-order chi connectivity index (χ1) is 11.6. The van der Waals surface area contributed by atoms with Gasteiger partial charge in [-0.25, -0.2) is 9.97 Å². The molecule has 4 rings (SSSR count). The van der Waals surface area contributed by atoms with Crippen LogP contribution in [-0.4, -0.2) is 39.0 Å². The maximum Gasteiger partial charge on any atom is 0.185 e. The SMILES string of the molecule is Cc1c(-c2nc(C(C)O)nn2-c2ccnn2C)nc2ccccn12. The molecule has 0 aliphatic rings. The molecule has 1 atom stereocenters. The van der Waals surface area contributed by atoms with Gasteiger partial charge in [-0.05, 0) is 26.0 Å². The molecule has 1 N–H and O–H groups in total. The van der Waals surface area contributed by atoms with E-state index in [-0.39, 0.29) is 0 Å². The van der Waals surface area contributed by atoms with E-state index in [0.717, 1.165) is 22.9 Å². The lowest BCUT2D eigenvalue weighted by Gasteiger charge is -2.04. The van der Waals surface area contributed by atoms with E-state index in [0.29, 0.717) is 11.6 Å². The zero-order chi connectivity index (χ0) is 16.8. The van der Waals surface area contributed by atoms with Crippen LogP contribution in [0.25, 0.3) is 23.0 Å². The van der Waals surface area contributed by atoms with Crippen molar-refractivity contribution in [2.24, 2.45) is 7.05 Å². The summed E-state index contributed by atoms with van der Waals surface area (Å²) in [5, 5.41) is 18.5. The van der Waals surface area contributed by atoms with Crippen molar-refractivity contribution in [3.63, 3.8) is 0 Å². The van der Waals surface area contributed by atoms with Crippen molar-refractivity contribution in [3.05, 3.63) is 48.2 Å². The molecular formula is C16H17N7O. The minimum Gasteiger partial charge on any atom is -0.385 e. The number of aliphatic hydroxyl groups is 1. The summed E-state index contributed by atoms with van der Waals surface area (Å²) in [5.74, 6) is 1.68. The van der Waals surface area contributed by atoms with Gasteiger partial charge in [-0.15, -0.1) is 5.10 Å². The monoisotopic (exact) mass is 323 g/mol. The van der Waals surface area contributed by atoms with E-state index >= 15 is 0 Å². The van der Waals surface area contributed by atoms with Crippen molar-refractivity contribution in [3.8, 4) is 17.3 Å². The molecule has 24 heavy (non-hydrogen) atoms. The Morgan fingerprint density at radius 3 is 2.67 bits per heavy atom. The quantitative estimate of drug-likeness (QED) is 0.620. The van der Waals surface area contributed by atoms with Crippen LogP contribution in [0.1, 0.15) is 24.5 Å². The smallest absolute Gasteiger partial charge is 0.185 e. The van der Waals surface area contributed by atoms with Crippen LogP contribution in [0.4, 0.5) is 0 Å². The lowest BCUT2D eigenvalue weighted by Crippen LogP contribution is -2.07. The van der Waals surface area contributed by atoms with Crippen molar-refractivity contribution >= 4 is 5.65 Å². The van der Waals surface area contributed by atoms with Gasteiger partial charge in [0.1, 0.15) is 17.4 Å². The van der Waals surface area contributed by atoms with E-state index in [4.69, 9.17) is 0 Å². The van der Waals surface area contributed by atoms with E-state index in [9.17, 15) is 5.11 Å². The summed E-state index contributed by atoms with van der Waals surface area (Å²) < 4.78 is 5.37. The highest BCUT2D eigenvalue weighted by molar-refractivity contribution is 5.61. The molecule has 0 aliphatic heterocycles. The molecule has 8 nitrogen and oxygen atoms in total. The zero-order valence-electron chi connectivity index (χ0n) is 13.6. The number of nitrogens with zero attached hydrogens (tertiary/aromatic N) is 7. The highest BCUT2D eigenvalue weighted by Crippen LogP contribution is 2.26. The van der Waals surface area contributed by atoms with Crippen LogP contribution in [0.3, 0.4) is 0 Å². The Morgan fingerprint density at radius 1 is 1.17 bits per heavy atom. The Morgan fingerprint density at radius 2 is 2.00 bits per heavy atom. The third kappa shape index (κ3) is 2.11. The van der Waals surface area contributed by atoms with E-state index in [1.165, 1.54) is 0 Å². The van der Waals surface area contributed by atoms with Gasteiger partial charge < -0.3 is 9.51 Å². The summed E-state index contributed by atoms with van der Waals surface area (Å²) in [6.45, 7) is 3.63. The number of aromatic nitrogens is 7. The van der Waals surface area contributed by atoms with Gasteiger partial charge in [-0.3, -0.25) is 4.68 Å². The molecule has 0 spiro atoms. The van der Waals surface area contributed by atoms with Crippen molar-refractivity contribution in [2.75, 3.05) is 0 Å². The average molecular weight is 323 g/mol. The van der Waals surface area contributed by atoms with Gasteiger partial charge in [-0.2, -0.15) is 9.78 Å². The molecule has 4 aromatic rings. The van der Waals surface area contributed by atoms with Gasteiger partial charge in [0.25, 0.3) is 0 Å². The number of aryl methyl sites for hydroxylation is 2. The number of pyridine rings is 1. The lowest BCUT2D eigenvalue weighted by molar-refractivity contribution is 0.189. The fourth-order valence-corrected chi connectivity index (χ4v) is 2.72. The molecule has 0 bridgehead atoms. The number of hydrogen-bond acceptors (Lipinski definition) is 5. The van der Waals surface area contributed by atoms with Gasteiger partial charge in [0.15, 0.2) is 17.5 Å². The van der Waals surface area contributed by atoms with Crippen LogP contribution in [0.2, 0.25) is 0 Å². The molecule has 0 amide bonds. The van der Waals surface area contributed by atoms with E-state index < -0.39 is 6.10 Å². The van der Waals surface area contributed by atoms with Crippen LogP contribution in [0.5, 0.6) is 0 Å². The van der Waals surface area contributed by atoms with Crippen molar-refractivity contribution in [2.45, 2.75) is 20.0 Å². The Kier molecular flexibility index (Phi) is 3.20. The molecule has 0 radical (unpaired) electrons. The van der Waals surface area contributed by atoms with Crippen molar-refractivity contribution in [1.29, 1.82) is 0 Å². The molecule has 0 fully saturated rings. The molecule has 0 saturated heterocycles. The van der Waals surface area contributed by atoms with Crippen LogP contribution in [0, 0.1) is 6.92 Å². The molecule has 122 valence electrons. The number of rotatable bonds is 3. The molecule has 1 unspecified atom stereocenters. The van der Waals surface area contributed by atoms with E-state index in [1.54, 1.807) is 22.5 Å². The minimum absolute atomic E-state index is 0.350. The summed E-state index contributed by atoms with van der Waals surface area (Å²) in [6, 6.07) is 7.68. The second-order valence-electron chi connectivity index (χ2n) is 5.67. The number of fused-ring (bicyclic) bond motifs is 1. The zero-order valence-corrected chi connectivity index (χ0v) is 13.6. The average Bonchev–Trinajstić information content (AvgIpc) is 3.25. The van der Waals surface area contributed by atoms with Crippen LogP contribution in [-0.2, 0) is 7.05 Å². The maximum absolute atomic E-state index is 9.90. The number of imidazole rings is 1. The maximum atomic E-state index is 9.90. The topological polar surface area (TPSA) is 86.1 Å². The Labute approximate surface area is 138 Å². The van der Waals surface area contributed by atoms with Crippen LogP contribution < -0.4 is 0 Å². The second-order valence-corrected chi connectivity index (χ2v) is 5.67. The standard InChI is InChI=1S/C16H17N7O/c1-10-14(18-12-6-4-5-9-22(10)12)16-19-15(11(2)24)20-23(16)13-7-8-17-21(13)3/h4-9,11,24H,1-3H3. The van der Waals surface area contributed by atoms with Crippen molar-refractivity contribution < 1.29 is 5.11 Å². The third-order valence-electron chi connectivity index (χ3n) is 3.99. The fourth-order valence-electron chi connectivity index (χ4n) is 2.72. The Bertz CT molecular complexity index is 1020. The fraction of sp³-hybridized carbons (Fsp3) is 0.250. The molecule has 0 saturated carbocycles. The minimum atomic E-state index is -0.768. The predicted molar refractivity (Wildman–Crippen MR) is 87.7 cm³/mol. The molecular weight excluding hydrogens is 306 g/mol. The van der Waals surface area contributed by atoms with E-state index in [1.807, 2.05) is 48.8 Å². The molecule has 4 aromatic heterocycles. The summed E-state index contributed by atoms with van der Waals surface area (Å²) in [7, 11) is 1.83. The highest BCUT2D eigenvalue weighted by atomic mass is 16.3. The first-order valence-corrected chi connectivity index (χ1v) is 7.63. The Balaban J connectivity index is 2.00. The van der Waals surface area contributed by atoms with Gasteiger partial charge in [-0.1, -0.05) is 6.07 Å². The Hall–Kier alpha value is -3.00. The number of aliphatic hydroxyl groups excluding tert-OH is 1. The van der Waals surface area contributed by atoms with Crippen LogP contribution >= 0.6 is 0 Å². The van der Waals surface area contributed by atoms with Gasteiger partial charge in [0, 0.05) is 19.3 Å². The lowest BCUT2D eigenvalue weighted by atomic mass is 10.3. The van der Waals surface area contributed by atoms with Crippen molar-refractivity contribution in [1.82, 2.24) is 33.9 Å². The third-order valence-corrected chi connectivity index (χ3v) is 3.99. The summed E-state index contributed by atoms with van der Waals surface area (Å²) in [6.07, 6.45) is 2.89. The van der Waals surface area contributed by atoms with E-state index in [2.05, 4.69) is 20.2 Å². The van der Waals surface area contributed by atoms with Crippen LogP contribution in [0.15, 0.2) is 36.7 Å². The highest BCUT2D eigenvalue weighted by Gasteiger charge is 2.22. The summed E-state index contributed by atoms with van der Waals surface area (Å²) in [4.78, 5) is 9.20. The van der Waals surface area contributed by atoms with Gasteiger partial charge in [0.05, 0.1) is 11.9 Å². The first-order valence-electron chi connectivity index (χ1n) is 7.63. The molecule has 0 aliphatic carbocycles. The summed E-state index contributed by atoms with van der Waals surface area (Å²) in [5.41, 5.74) is 2.52. The molecule has 4 heterocycles.